The van der Waals surface area contributed by atoms with Crippen LogP contribution in [0.15, 0.2) is 97.1 Å². The minimum Gasteiger partial charge on any atom is -0.445 e. The summed E-state index contributed by atoms with van der Waals surface area (Å²) < 4.78 is 67.4. The van der Waals surface area contributed by atoms with Crippen LogP contribution in [0.5, 0.6) is 11.5 Å². The van der Waals surface area contributed by atoms with Gasteiger partial charge in [0.15, 0.2) is 5.78 Å². The number of nitrogens with one attached hydrogen (secondary N) is 4. The van der Waals surface area contributed by atoms with Crippen LogP contribution in [0.2, 0.25) is 0 Å². The highest BCUT2D eigenvalue weighted by atomic mass is 79.9. The number of benzene rings is 5. The highest BCUT2D eigenvalue weighted by Gasteiger charge is 2.40. The lowest BCUT2D eigenvalue weighted by Crippen LogP contribution is -2.45. The number of phosphoric ester groups is 1. The number of ether oxygens (including phenoxy) is 9. The molecule has 1 aromatic heterocycles. The first-order valence-corrected chi connectivity index (χ1v) is 41.1. The van der Waals surface area contributed by atoms with Crippen LogP contribution in [-0.2, 0) is 68.2 Å². The topological polar surface area (TPSA) is 391 Å². The minimum absolute atomic E-state index is 0.00323. The van der Waals surface area contributed by atoms with Crippen molar-refractivity contribution in [3.8, 4) is 11.5 Å². The number of methoxy groups -OCH3 is 1. The first-order chi connectivity index (χ1) is 53.9. The van der Waals surface area contributed by atoms with Crippen molar-refractivity contribution >= 4 is 150 Å². The molecule has 112 heavy (non-hydrogen) atoms. The van der Waals surface area contributed by atoms with Crippen LogP contribution in [-0.4, -0.2) is 242 Å². The molecule has 8 rings (SSSR count). The molecule has 6 aromatic rings. The lowest BCUT2D eigenvalue weighted by Gasteiger charge is -2.25. The number of nitrogens with two attached hydrogens (primary N) is 1. The van der Waals surface area contributed by atoms with Gasteiger partial charge in [-0.25, -0.2) is 18.9 Å². The third kappa shape index (κ3) is 26.7. The van der Waals surface area contributed by atoms with Crippen molar-refractivity contribution in [1.82, 2.24) is 25.8 Å². The number of carbonyl (C=O) groups is 9. The maximum atomic E-state index is 14.8. The summed E-state index contributed by atoms with van der Waals surface area (Å²) in [6.45, 7) is 8.49. The summed E-state index contributed by atoms with van der Waals surface area (Å²) >= 11 is 17.2. The van der Waals surface area contributed by atoms with Crippen LogP contribution in [0.25, 0.3) is 21.5 Å². The Labute approximate surface area is 671 Å². The molecule has 2 aliphatic heterocycles. The molecule has 8 N–H and O–H groups in total. The van der Waals surface area contributed by atoms with Crippen molar-refractivity contribution in [2.45, 2.75) is 64.0 Å². The molecule has 0 bridgehead atoms. The average molecular weight is 1700 g/mol. The van der Waals surface area contributed by atoms with Gasteiger partial charge >= 0.3 is 26.0 Å². The van der Waals surface area contributed by atoms with Gasteiger partial charge in [0.25, 0.3) is 11.8 Å². The third-order valence-electron chi connectivity index (χ3n) is 18.2. The summed E-state index contributed by atoms with van der Waals surface area (Å²) in [5.41, 5.74) is 8.51. The maximum absolute atomic E-state index is 14.8. The SMILES string of the molecule is COCCN(CCN(C)C(=O)OCc1ccc(NC(=O)[C@H](CCCNC(N)=O)CC(=O)[C@@H](NC(=O)CCOCCOCCOCCOCCOCCOCCNC(=O)CBr)C(C)C)cc1)C(=O)Oc1cc2c(c3ccccc13)[C@H](CCl)CN2C(=O)c1ccc(C(=O)N2C[C@@H](CCl)c3c2cc(OP(=O)(O)O)c2ccccc32)s1. The van der Waals surface area contributed by atoms with E-state index >= 15 is 0 Å². The summed E-state index contributed by atoms with van der Waals surface area (Å²) in [6.07, 6.45) is -1.24. The van der Waals surface area contributed by atoms with Crippen LogP contribution in [0.3, 0.4) is 0 Å². The second kappa shape index (κ2) is 45.7. The van der Waals surface area contributed by atoms with Gasteiger partial charge in [-0.15, -0.1) is 34.5 Å². The number of carbonyl (C=O) groups excluding carboxylic acids is 9. The van der Waals surface area contributed by atoms with Crippen molar-refractivity contribution < 1.29 is 105 Å². The van der Waals surface area contributed by atoms with E-state index in [4.69, 9.17) is 76.1 Å². The number of anilines is 3. The monoisotopic (exact) mass is 1700 g/mol. The Morgan fingerprint density at radius 1 is 0.643 bits per heavy atom. The van der Waals surface area contributed by atoms with E-state index in [0.717, 1.165) is 16.9 Å². The number of primary amides is 1. The van der Waals surface area contributed by atoms with E-state index < -0.39 is 61.6 Å². The second-order valence-electron chi connectivity index (χ2n) is 26.5. The van der Waals surface area contributed by atoms with Gasteiger partial charge in [-0.3, -0.25) is 38.6 Å². The quantitative estimate of drug-likeness (QED) is 0.0106. The molecule has 0 spiro atoms. The number of amides is 9. The molecule has 610 valence electrons. The molecule has 0 unspecified atom stereocenters. The Kier molecular flexibility index (Phi) is 36.5. The number of hydrogen-bond acceptors (Lipinski definition) is 21. The van der Waals surface area contributed by atoms with Crippen LogP contribution in [0.4, 0.5) is 31.4 Å². The van der Waals surface area contributed by atoms with Crippen LogP contribution in [0, 0.1) is 11.8 Å². The number of rotatable bonds is 48. The lowest BCUT2D eigenvalue weighted by atomic mass is 9.89. The number of ketones is 1. The largest absolute Gasteiger partial charge is 0.524 e. The van der Waals surface area contributed by atoms with Gasteiger partial charge in [0, 0.05) is 131 Å². The van der Waals surface area contributed by atoms with Crippen molar-refractivity contribution in [3.05, 3.63) is 124 Å². The summed E-state index contributed by atoms with van der Waals surface area (Å²) in [4.78, 5) is 146. The molecule has 3 heterocycles. The van der Waals surface area contributed by atoms with E-state index in [9.17, 15) is 57.5 Å². The molecule has 0 radical (unpaired) electrons. The normalized spacial score (nSPS) is 14.3. The smallest absolute Gasteiger partial charge is 0.445 e. The zero-order valence-electron chi connectivity index (χ0n) is 62.8. The van der Waals surface area contributed by atoms with E-state index in [0.29, 0.717) is 122 Å². The van der Waals surface area contributed by atoms with Gasteiger partial charge in [0.05, 0.1) is 118 Å². The number of halogens is 3. The first-order valence-electron chi connectivity index (χ1n) is 36.5. The predicted octanol–water partition coefficient (Wildman–Crippen LogP) is 9.31. The van der Waals surface area contributed by atoms with Gasteiger partial charge in [-0.05, 0) is 70.5 Å². The van der Waals surface area contributed by atoms with E-state index in [2.05, 4.69) is 37.2 Å². The Bertz CT molecular complexity index is 4220. The van der Waals surface area contributed by atoms with E-state index in [-0.39, 0.29) is 159 Å². The van der Waals surface area contributed by atoms with E-state index in [1.807, 2.05) is 12.1 Å². The number of nitrogens with zero attached hydrogens (tertiary/aromatic N) is 4. The van der Waals surface area contributed by atoms with Gasteiger partial charge < -0.3 is 93.8 Å². The molecule has 31 nitrogen and oxygen atoms in total. The molecule has 36 heteroatoms. The van der Waals surface area contributed by atoms with Gasteiger partial charge in [-0.1, -0.05) is 90.4 Å². The third-order valence-corrected chi connectivity index (χ3v) is 20.9. The van der Waals surface area contributed by atoms with Gasteiger partial charge in [0.1, 0.15) is 18.1 Å². The van der Waals surface area contributed by atoms with Gasteiger partial charge in [0.2, 0.25) is 17.7 Å². The molecule has 0 fully saturated rings. The maximum Gasteiger partial charge on any atom is 0.524 e. The van der Waals surface area contributed by atoms with Crippen LogP contribution >= 0.6 is 58.3 Å². The number of hydrogen-bond donors (Lipinski definition) is 7. The number of phosphoric acid groups is 1. The molecular formula is C76H97BrCl2N9O22PS. The van der Waals surface area contributed by atoms with Crippen molar-refractivity contribution in [3.63, 3.8) is 0 Å². The molecule has 0 saturated carbocycles. The first kappa shape index (κ1) is 89.4. The number of alkyl halides is 3. The number of likely N-dealkylation sites (N-methyl/N-ethyl adjacent to an activating group) is 1. The van der Waals surface area contributed by atoms with Crippen molar-refractivity contribution in [2.24, 2.45) is 17.6 Å². The molecule has 0 aliphatic carbocycles. The Morgan fingerprint density at radius 3 is 1.67 bits per heavy atom. The highest BCUT2D eigenvalue weighted by molar-refractivity contribution is 9.09. The fraction of sp³-hybridized carbons (Fsp3) is 0.487. The molecule has 2 aliphatic rings. The van der Waals surface area contributed by atoms with Gasteiger partial charge in [-0.2, -0.15) is 0 Å². The highest BCUT2D eigenvalue weighted by Crippen LogP contribution is 2.50. The standard InChI is InChI=1S/C76H97BrCl2N9O22PS/c1-49(2)70(84-66(90)21-27-102-30-32-104-34-36-106-38-39-107-37-35-105-33-31-103-28-23-81-67(91)43-77)61(89)40-51(10-9-22-82-74(80)95)71(92)83-54-17-15-50(16-18-54)48-108-75(96)85(3)24-25-86(26-29-101-4)76(97)109-62-41-59-68(57-13-7-5-11-55(57)62)52(44-78)46-87(59)72(93)64-19-20-65(112-64)73(94)88-47-53(45-79)69-58-14-8-6-12-56(58)63(42-60(69)88)110-111(98,99)100/h5-8,11-20,41-42,49,51-53,70H,9-10,21-40,43-48H2,1-4H3,(H,81,91)(H,83,92)(H,84,90)(H3,80,82,95)(H2,98,99,100)/t51-,52-,53-,70+/m1/s1. The minimum atomic E-state index is -5.02. The van der Waals surface area contributed by atoms with Crippen LogP contribution in [0.1, 0.15) is 87.4 Å². The number of Topliss-reactive ketones (excluding diaryl/α,β-unsaturated/α-hetero) is 1. The molecule has 4 atom stereocenters. The fourth-order valence-electron chi connectivity index (χ4n) is 12.6. The number of fused-ring (bicyclic) bond motifs is 6. The summed E-state index contributed by atoms with van der Waals surface area (Å²) in [5, 5.41) is 13.4. The second-order valence-corrected chi connectivity index (χ2v) is 29.9. The summed E-state index contributed by atoms with van der Waals surface area (Å²) in [7, 11) is -2.04. The van der Waals surface area contributed by atoms with Crippen molar-refractivity contribution in [2.75, 3.05) is 178 Å². The number of urea groups is 1. The summed E-state index contributed by atoms with van der Waals surface area (Å²) in [5.74, 6) is -3.85. The summed E-state index contributed by atoms with van der Waals surface area (Å²) in [6, 6.07) is 25.2. The fourth-order valence-corrected chi connectivity index (χ4v) is 14.6. The average Bonchev–Trinajstić information content (AvgIpc) is 1.58. The zero-order valence-corrected chi connectivity index (χ0v) is 67.6. The number of thiophene rings is 1. The molecular weight excluding hydrogens is 1600 g/mol. The Balaban J connectivity index is 0.788. The van der Waals surface area contributed by atoms with E-state index in [1.165, 1.54) is 34.9 Å². The molecule has 5 aromatic carbocycles. The molecule has 9 amide bonds. The Morgan fingerprint density at radius 2 is 1.16 bits per heavy atom. The lowest BCUT2D eigenvalue weighted by molar-refractivity contribution is -0.131. The molecule has 0 saturated heterocycles. The predicted molar refractivity (Wildman–Crippen MR) is 426 cm³/mol. The van der Waals surface area contributed by atoms with E-state index in [1.54, 1.807) is 97.6 Å². The van der Waals surface area contributed by atoms with Crippen LogP contribution < -0.4 is 46.1 Å². The zero-order chi connectivity index (χ0) is 80.7. The van der Waals surface area contributed by atoms with Crippen molar-refractivity contribution in [1.29, 1.82) is 0 Å². The Hall–Kier alpha value is -8.12.